The van der Waals surface area contributed by atoms with E-state index >= 15 is 0 Å². The number of hydrogen-bond donors (Lipinski definition) is 2. The van der Waals surface area contributed by atoms with E-state index < -0.39 is 6.43 Å². The number of nitrogens with zero attached hydrogens (tertiary/aromatic N) is 6. The van der Waals surface area contributed by atoms with Crippen molar-refractivity contribution in [3.05, 3.63) is 66.2 Å². The molecule has 1 amide bonds. The van der Waals surface area contributed by atoms with Crippen LogP contribution in [0.15, 0.2) is 54.9 Å². The van der Waals surface area contributed by atoms with E-state index in [4.69, 9.17) is 14.7 Å². The van der Waals surface area contributed by atoms with Crippen LogP contribution in [0.1, 0.15) is 49.9 Å². The van der Waals surface area contributed by atoms with Gasteiger partial charge in [-0.2, -0.15) is 9.97 Å². The molecule has 2 N–H and O–H groups in total. The molecule has 0 spiro atoms. The molecule has 0 bridgehead atoms. The minimum Gasteiger partial charge on any atom is -0.378 e. The number of pyridine rings is 1. The first-order chi connectivity index (χ1) is 20.5. The number of halogens is 2. The van der Waals surface area contributed by atoms with E-state index in [9.17, 15) is 13.6 Å². The zero-order valence-electron chi connectivity index (χ0n) is 23.3. The van der Waals surface area contributed by atoms with Gasteiger partial charge in [-0.1, -0.05) is 18.2 Å². The van der Waals surface area contributed by atoms with Crippen molar-refractivity contribution in [1.29, 1.82) is 0 Å². The summed E-state index contributed by atoms with van der Waals surface area (Å²) in [5, 5.41) is 6.70. The van der Waals surface area contributed by atoms with Crippen LogP contribution in [-0.2, 0) is 16.0 Å². The molecule has 0 unspecified atom stereocenters. The molecule has 12 heteroatoms. The first kappa shape index (κ1) is 28.0. The van der Waals surface area contributed by atoms with Gasteiger partial charge in [-0.05, 0) is 55.9 Å². The number of morpholine rings is 1. The molecule has 220 valence electrons. The van der Waals surface area contributed by atoms with Gasteiger partial charge in [-0.25, -0.2) is 13.8 Å². The minimum absolute atomic E-state index is 0.0493. The first-order valence-corrected chi connectivity index (χ1v) is 14.5. The van der Waals surface area contributed by atoms with Gasteiger partial charge in [0.05, 0.1) is 24.2 Å². The maximum atomic E-state index is 14.1. The lowest BCUT2D eigenvalue weighted by Crippen LogP contribution is -2.40. The van der Waals surface area contributed by atoms with Crippen LogP contribution in [0, 0.1) is 0 Å². The van der Waals surface area contributed by atoms with E-state index in [-0.39, 0.29) is 23.8 Å². The number of rotatable bonds is 9. The average molecular weight is 577 g/mol. The van der Waals surface area contributed by atoms with Gasteiger partial charge in [0.25, 0.3) is 6.43 Å². The molecule has 2 fully saturated rings. The summed E-state index contributed by atoms with van der Waals surface area (Å²) in [5.74, 6) is 1.07. The van der Waals surface area contributed by atoms with Crippen LogP contribution in [0.25, 0.3) is 16.9 Å². The van der Waals surface area contributed by atoms with Crippen molar-refractivity contribution in [3.8, 4) is 5.82 Å². The van der Waals surface area contributed by atoms with Crippen LogP contribution < -0.4 is 15.5 Å². The van der Waals surface area contributed by atoms with Crippen LogP contribution in [0.2, 0.25) is 0 Å². The quantitative estimate of drug-likeness (QED) is 0.301. The summed E-state index contributed by atoms with van der Waals surface area (Å²) >= 11 is 0. The van der Waals surface area contributed by atoms with Crippen molar-refractivity contribution in [2.24, 2.45) is 0 Å². The zero-order valence-corrected chi connectivity index (χ0v) is 23.3. The molecule has 1 saturated heterocycles. The van der Waals surface area contributed by atoms with Crippen LogP contribution in [0.3, 0.4) is 0 Å². The summed E-state index contributed by atoms with van der Waals surface area (Å²) in [7, 11) is 0. The van der Waals surface area contributed by atoms with Gasteiger partial charge < -0.3 is 20.3 Å². The summed E-state index contributed by atoms with van der Waals surface area (Å²) in [6.45, 7) is 2.32. The number of alkyl halides is 2. The Morgan fingerprint density at radius 2 is 1.79 bits per heavy atom. The topological polar surface area (TPSA) is 110 Å². The van der Waals surface area contributed by atoms with Crippen molar-refractivity contribution in [2.75, 3.05) is 36.5 Å². The fourth-order valence-corrected chi connectivity index (χ4v) is 5.64. The molecule has 10 nitrogen and oxygen atoms in total. The number of anilines is 2. The van der Waals surface area contributed by atoms with Crippen molar-refractivity contribution >= 4 is 28.7 Å². The van der Waals surface area contributed by atoms with Crippen molar-refractivity contribution < 1.29 is 18.3 Å². The molecule has 4 heterocycles. The van der Waals surface area contributed by atoms with Crippen LogP contribution in [0.5, 0.6) is 0 Å². The van der Waals surface area contributed by atoms with Gasteiger partial charge in [0.15, 0.2) is 5.82 Å². The Kier molecular flexibility index (Phi) is 8.50. The normalized spacial score (nSPS) is 19.3. The highest BCUT2D eigenvalue weighted by Gasteiger charge is 2.26. The van der Waals surface area contributed by atoms with Gasteiger partial charge in [0.1, 0.15) is 11.6 Å². The standard InChI is InChI=1S/C30H34F2N8O2/c31-28(32)29-36-23-5-1-2-6-24(23)40(29)26-18-25(37-30(38-26)39-14-16-42-17-15-39)34-21-8-10-22(11-9-21)35-27(41)12-7-20-4-3-13-33-19-20/h1-6,13,18-19,21-22,28H,7-12,14-17H2,(H,35,41)(H,34,37,38)/t21-,22-. The molecule has 1 saturated carbocycles. The SMILES string of the molecule is O=C(CCc1cccnc1)N[C@H]1CC[C@H](Nc2cc(-n3c(C(F)F)nc4ccccc43)nc(N3CCOCC3)n2)CC1. The zero-order chi connectivity index (χ0) is 28.9. The number of carbonyl (C=O) groups is 1. The lowest BCUT2D eigenvalue weighted by Gasteiger charge is -2.31. The number of amides is 1. The first-order valence-electron chi connectivity index (χ1n) is 14.5. The fourth-order valence-electron chi connectivity index (χ4n) is 5.64. The van der Waals surface area contributed by atoms with E-state index in [1.54, 1.807) is 42.7 Å². The fraction of sp³-hybridized carbons (Fsp3) is 0.433. The number of para-hydroxylation sites is 2. The van der Waals surface area contributed by atoms with Gasteiger partial charge in [-0.3, -0.25) is 14.3 Å². The average Bonchev–Trinajstić information content (AvgIpc) is 3.42. The molecule has 2 aliphatic rings. The number of carbonyl (C=O) groups excluding carboxylic acids is 1. The van der Waals surface area contributed by atoms with Gasteiger partial charge in [0.2, 0.25) is 11.9 Å². The molecule has 1 aliphatic carbocycles. The molecule has 1 aliphatic heterocycles. The van der Waals surface area contributed by atoms with Crippen molar-refractivity contribution in [1.82, 2.24) is 29.8 Å². The van der Waals surface area contributed by atoms with Gasteiger partial charge in [0, 0.05) is 50.1 Å². The number of benzene rings is 1. The number of ether oxygens (including phenoxy) is 1. The number of aryl methyl sites for hydroxylation is 1. The van der Waals surface area contributed by atoms with E-state index in [0.717, 1.165) is 31.2 Å². The minimum atomic E-state index is -2.77. The highest BCUT2D eigenvalue weighted by atomic mass is 19.3. The van der Waals surface area contributed by atoms with E-state index in [1.807, 2.05) is 17.0 Å². The largest absolute Gasteiger partial charge is 0.378 e. The predicted molar refractivity (Wildman–Crippen MR) is 155 cm³/mol. The molecular formula is C30H34F2N8O2. The Labute approximate surface area is 242 Å². The van der Waals surface area contributed by atoms with Gasteiger partial charge >= 0.3 is 0 Å². The highest BCUT2D eigenvalue weighted by molar-refractivity contribution is 5.78. The smallest absolute Gasteiger partial charge is 0.296 e. The number of fused-ring (bicyclic) bond motifs is 1. The van der Waals surface area contributed by atoms with Crippen LogP contribution in [-0.4, -0.2) is 68.8 Å². The third-order valence-corrected chi connectivity index (χ3v) is 7.81. The molecular weight excluding hydrogens is 542 g/mol. The lowest BCUT2D eigenvalue weighted by atomic mass is 9.91. The summed E-state index contributed by atoms with van der Waals surface area (Å²) in [6.07, 6.45) is 5.20. The molecule has 3 aromatic heterocycles. The lowest BCUT2D eigenvalue weighted by molar-refractivity contribution is -0.122. The second kappa shape index (κ2) is 12.8. The summed E-state index contributed by atoms with van der Waals surface area (Å²) in [6, 6.07) is 12.9. The van der Waals surface area contributed by atoms with E-state index in [0.29, 0.717) is 67.8 Å². The molecule has 1 aromatic carbocycles. The molecule has 0 radical (unpaired) electrons. The van der Waals surface area contributed by atoms with E-state index in [1.165, 1.54) is 4.57 Å². The Morgan fingerprint density at radius 1 is 1.00 bits per heavy atom. The molecule has 42 heavy (non-hydrogen) atoms. The number of hydrogen-bond acceptors (Lipinski definition) is 8. The van der Waals surface area contributed by atoms with Crippen molar-refractivity contribution in [3.63, 3.8) is 0 Å². The predicted octanol–water partition coefficient (Wildman–Crippen LogP) is 4.46. The van der Waals surface area contributed by atoms with Crippen LogP contribution in [0.4, 0.5) is 20.5 Å². The Bertz CT molecular complexity index is 1500. The highest BCUT2D eigenvalue weighted by Crippen LogP contribution is 2.30. The monoisotopic (exact) mass is 576 g/mol. The Hall–Kier alpha value is -4.19. The number of imidazole rings is 1. The second-order valence-corrected chi connectivity index (χ2v) is 10.7. The second-order valence-electron chi connectivity index (χ2n) is 10.7. The van der Waals surface area contributed by atoms with Gasteiger partial charge in [-0.15, -0.1) is 0 Å². The molecule has 4 aromatic rings. The summed E-state index contributed by atoms with van der Waals surface area (Å²) < 4.78 is 35.2. The summed E-state index contributed by atoms with van der Waals surface area (Å²) in [5.41, 5.74) is 2.09. The molecule has 6 rings (SSSR count). The Morgan fingerprint density at radius 3 is 2.55 bits per heavy atom. The maximum Gasteiger partial charge on any atom is 0.296 e. The van der Waals surface area contributed by atoms with E-state index in [2.05, 4.69) is 20.6 Å². The number of aromatic nitrogens is 5. The number of nitrogens with one attached hydrogen (secondary N) is 2. The third kappa shape index (κ3) is 6.48. The maximum absolute atomic E-state index is 14.1. The summed E-state index contributed by atoms with van der Waals surface area (Å²) in [4.78, 5) is 32.4. The van der Waals surface area contributed by atoms with Crippen LogP contribution >= 0.6 is 0 Å². The molecule has 0 atom stereocenters. The van der Waals surface area contributed by atoms with Crippen molar-refractivity contribution in [2.45, 2.75) is 57.0 Å². The third-order valence-electron chi connectivity index (χ3n) is 7.81. The Balaban J connectivity index is 1.17.